The van der Waals surface area contributed by atoms with Crippen molar-refractivity contribution in [3.8, 4) is 11.5 Å². The molecule has 0 aliphatic carbocycles. The molecule has 3 rings (SSSR count). The summed E-state index contributed by atoms with van der Waals surface area (Å²) in [5.74, 6) is 1.49. The molecule has 5 nitrogen and oxygen atoms in total. The smallest absolute Gasteiger partial charge is 0.222 e. The quantitative estimate of drug-likeness (QED) is 0.647. The van der Waals surface area contributed by atoms with Crippen LogP contribution in [0.3, 0.4) is 0 Å². The van der Waals surface area contributed by atoms with Crippen molar-refractivity contribution in [3.63, 3.8) is 0 Å². The summed E-state index contributed by atoms with van der Waals surface area (Å²) < 4.78 is 5.90. The first-order valence-corrected chi connectivity index (χ1v) is 8.53. The molecule has 0 spiro atoms. The van der Waals surface area contributed by atoms with Crippen LogP contribution in [0, 0.1) is 0 Å². The number of rotatable bonds is 8. The molecule has 1 heterocycles. The van der Waals surface area contributed by atoms with Crippen molar-refractivity contribution in [1.29, 1.82) is 0 Å². The van der Waals surface area contributed by atoms with Crippen LogP contribution in [0.2, 0.25) is 0 Å². The number of nitrogens with one attached hydrogen (secondary N) is 2. The number of ether oxygens (including phenoxy) is 1. The minimum absolute atomic E-state index is 0.0113. The lowest BCUT2D eigenvalue weighted by Crippen LogP contribution is -2.24. The zero-order chi connectivity index (χ0) is 18.0. The number of pyridine rings is 1. The zero-order valence-electron chi connectivity index (χ0n) is 14.4. The average molecular weight is 347 g/mol. The number of carbonyl (C=O) groups is 1. The van der Waals surface area contributed by atoms with E-state index in [9.17, 15) is 4.79 Å². The number of hydrogen-bond donors (Lipinski definition) is 2. The Bertz CT molecular complexity index is 823. The molecule has 5 heteroatoms. The van der Waals surface area contributed by atoms with Crippen LogP contribution in [0.5, 0.6) is 11.5 Å². The molecule has 0 bridgehead atoms. The van der Waals surface area contributed by atoms with Crippen molar-refractivity contribution in [2.24, 2.45) is 0 Å². The van der Waals surface area contributed by atoms with Crippen LogP contribution in [-0.2, 0) is 11.3 Å². The van der Waals surface area contributed by atoms with Crippen molar-refractivity contribution < 1.29 is 9.53 Å². The number of amides is 1. The van der Waals surface area contributed by atoms with Crippen molar-refractivity contribution in [2.45, 2.75) is 13.0 Å². The Morgan fingerprint density at radius 2 is 1.77 bits per heavy atom. The van der Waals surface area contributed by atoms with Crippen LogP contribution < -0.4 is 15.4 Å². The minimum Gasteiger partial charge on any atom is -0.455 e. The van der Waals surface area contributed by atoms with Gasteiger partial charge in [-0.1, -0.05) is 36.4 Å². The van der Waals surface area contributed by atoms with Crippen molar-refractivity contribution in [2.75, 3.05) is 11.9 Å². The fourth-order valence-electron chi connectivity index (χ4n) is 2.42. The highest BCUT2D eigenvalue weighted by Gasteiger charge is 2.06. The highest BCUT2D eigenvalue weighted by Crippen LogP contribution is 2.28. The third-order valence-electron chi connectivity index (χ3n) is 3.74. The first-order valence-electron chi connectivity index (χ1n) is 8.53. The minimum atomic E-state index is -0.0113. The SMILES string of the molecule is O=C(CCNc1ccccc1Oc1ccccc1)NCc1cccnc1. The van der Waals surface area contributed by atoms with Crippen LogP contribution in [0.1, 0.15) is 12.0 Å². The van der Waals surface area contributed by atoms with Gasteiger partial charge in [0.05, 0.1) is 5.69 Å². The molecule has 0 aliphatic rings. The molecule has 0 unspecified atom stereocenters. The van der Waals surface area contributed by atoms with E-state index in [4.69, 9.17) is 4.74 Å². The second-order valence-corrected chi connectivity index (χ2v) is 5.73. The Morgan fingerprint density at radius 1 is 0.962 bits per heavy atom. The molecule has 0 fully saturated rings. The largest absolute Gasteiger partial charge is 0.455 e. The zero-order valence-corrected chi connectivity index (χ0v) is 14.4. The molecule has 0 atom stereocenters. The molecule has 1 amide bonds. The van der Waals surface area contributed by atoms with E-state index in [1.54, 1.807) is 12.4 Å². The lowest BCUT2D eigenvalue weighted by atomic mass is 10.2. The lowest BCUT2D eigenvalue weighted by Gasteiger charge is -2.13. The van der Waals surface area contributed by atoms with Gasteiger partial charge < -0.3 is 15.4 Å². The van der Waals surface area contributed by atoms with Gasteiger partial charge >= 0.3 is 0 Å². The molecule has 1 aromatic heterocycles. The molecular weight excluding hydrogens is 326 g/mol. The third kappa shape index (κ3) is 5.34. The standard InChI is InChI=1S/C21H21N3O2/c25-21(24-16-17-7-6-13-22-15-17)12-14-23-19-10-4-5-11-20(19)26-18-8-2-1-3-9-18/h1-11,13,15,23H,12,14,16H2,(H,24,25). The highest BCUT2D eigenvalue weighted by atomic mass is 16.5. The molecule has 0 saturated heterocycles. The monoisotopic (exact) mass is 347 g/mol. The van der Waals surface area contributed by atoms with Gasteiger partial charge in [0.1, 0.15) is 5.75 Å². The first kappa shape index (κ1) is 17.5. The summed E-state index contributed by atoms with van der Waals surface area (Å²) in [5.41, 5.74) is 1.84. The number of anilines is 1. The first-order chi connectivity index (χ1) is 12.8. The van der Waals surface area contributed by atoms with Crippen LogP contribution in [-0.4, -0.2) is 17.4 Å². The van der Waals surface area contributed by atoms with Gasteiger partial charge in [0.15, 0.2) is 5.75 Å². The third-order valence-corrected chi connectivity index (χ3v) is 3.74. The van der Waals surface area contributed by atoms with Crippen LogP contribution in [0.15, 0.2) is 79.1 Å². The van der Waals surface area contributed by atoms with Gasteiger partial charge in [-0.15, -0.1) is 0 Å². The van der Waals surface area contributed by atoms with Gasteiger partial charge in [-0.05, 0) is 35.9 Å². The maximum absolute atomic E-state index is 12.0. The molecular formula is C21H21N3O2. The number of aromatic nitrogens is 1. The van der Waals surface area contributed by atoms with E-state index in [1.807, 2.05) is 66.7 Å². The molecule has 26 heavy (non-hydrogen) atoms. The van der Waals surface area contributed by atoms with E-state index in [0.717, 1.165) is 22.7 Å². The molecule has 132 valence electrons. The molecule has 2 N–H and O–H groups in total. The molecule has 3 aromatic rings. The van der Waals surface area contributed by atoms with Gasteiger partial charge in [0, 0.05) is 31.9 Å². The Balaban J connectivity index is 1.48. The number of nitrogens with zero attached hydrogens (tertiary/aromatic N) is 1. The number of para-hydroxylation sites is 3. The van der Waals surface area contributed by atoms with Crippen molar-refractivity contribution in [1.82, 2.24) is 10.3 Å². The Morgan fingerprint density at radius 3 is 2.58 bits per heavy atom. The average Bonchev–Trinajstić information content (AvgIpc) is 2.69. The highest BCUT2D eigenvalue weighted by molar-refractivity contribution is 5.76. The van der Waals surface area contributed by atoms with Gasteiger partial charge in [-0.3, -0.25) is 9.78 Å². The van der Waals surface area contributed by atoms with E-state index in [0.29, 0.717) is 19.5 Å². The topological polar surface area (TPSA) is 63.2 Å². The maximum Gasteiger partial charge on any atom is 0.222 e. The fourth-order valence-corrected chi connectivity index (χ4v) is 2.42. The van der Waals surface area contributed by atoms with E-state index >= 15 is 0 Å². The summed E-state index contributed by atoms with van der Waals surface area (Å²) in [6.07, 6.45) is 3.83. The second-order valence-electron chi connectivity index (χ2n) is 5.73. The molecule has 0 aliphatic heterocycles. The van der Waals surface area contributed by atoms with E-state index in [1.165, 1.54) is 0 Å². The van der Waals surface area contributed by atoms with Crippen LogP contribution in [0.4, 0.5) is 5.69 Å². The van der Waals surface area contributed by atoms with Crippen LogP contribution >= 0.6 is 0 Å². The van der Waals surface area contributed by atoms with E-state index in [2.05, 4.69) is 15.6 Å². The van der Waals surface area contributed by atoms with Crippen molar-refractivity contribution >= 4 is 11.6 Å². The van der Waals surface area contributed by atoms with Gasteiger partial charge in [-0.25, -0.2) is 0 Å². The molecule has 0 saturated carbocycles. The number of benzene rings is 2. The molecule has 0 radical (unpaired) electrons. The summed E-state index contributed by atoms with van der Waals surface area (Å²) >= 11 is 0. The lowest BCUT2D eigenvalue weighted by molar-refractivity contribution is -0.121. The number of hydrogen-bond acceptors (Lipinski definition) is 4. The molecule has 2 aromatic carbocycles. The second kappa shape index (κ2) is 9.22. The predicted molar refractivity (Wildman–Crippen MR) is 102 cm³/mol. The Kier molecular flexibility index (Phi) is 6.20. The fraction of sp³-hybridized carbons (Fsp3) is 0.143. The van der Waals surface area contributed by atoms with Crippen molar-refractivity contribution in [3.05, 3.63) is 84.7 Å². The van der Waals surface area contributed by atoms with Crippen LogP contribution in [0.25, 0.3) is 0 Å². The summed E-state index contributed by atoms with van der Waals surface area (Å²) in [7, 11) is 0. The Labute approximate surface area is 153 Å². The summed E-state index contributed by atoms with van der Waals surface area (Å²) in [4.78, 5) is 16.0. The summed E-state index contributed by atoms with van der Waals surface area (Å²) in [6.45, 7) is 1.01. The normalized spacial score (nSPS) is 10.2. The van der Waals surface area contributed by atoms with E-state index < -0.39 is 0 Å². The van der Waals surface area contributed by atoms with Gasteiger partial charge in [0.2, 0.25) is 5.91 Å². The van der Waals surface area contributed by atoms with E-state index in [-0.39, 0.29) is 5.91 Å². The van der Waals surface area contributed by atoms with Gasteiger partial charge in [-0.2, -0.15) is 0 Å². The van der Waals surface area contributed by atoms with Gasteiger partial charge in [0.25, 0.3) is 0 Å². The summed E-state index contributed by atoms with van der Waals surface area (Å²) in [6, 6.07) is 21.1. The summed E-state index contributed by atoms with van der Waals surface area (Å²) in [5, 5.41) is 6.15. The maximum atomic E-state index is 12.0. The predicted octanol–water partition coefficient (Wildman–Crippen LogP) is 3.99. The number of carbonyl (C=O) groups excluding carboxylic acids is 1. The Hall–Kier alpha value is -3.34.